The maximum Gasteiger partial charge on any atom is 0.168 e. The van der Waals surface area contributed by atoms with E-state index in [1.165, 1.54) is 4.90 Å². The number of rotatable bonds is 4. The van der Waals surface area contributed by atoms with E-state index in [9.17, 15) is 0 Å². The van der Waals surface area contributed by atoms with E-state index in [-0.39, 0.29) is 5.11 Å². The van der Waals surface area contributed by atoms with Crippen molar-refractivity contribution >= 4 is 34.8 Å². The molecule has 0 unspecified atom stereocenters. The van der Waals surface area contributed by atoms with Gasteiger partial charge in [-0.15, -0.1) is 11.8 Å². The minimum Gasteiger partial charge on any atom is -0.468 e. The van der Waals surface area contributed by atoms with Crippen LogP contribution in [0.3, 0.4) is 0 Å². The van der Waals surface area contributed by atoms with Crippen molar-refractivity contribution in [2.24, 2.45) is 5.73 Å². The van der Waals surface area contributed by atoms with Gasteiger partial charge in [-0.2, -0.15) is 0 Å². The molecule has 3 N–H and O–H groups in total. The molecule has 0 fully saturated rings. The van der Waals surface area contributed by atoms with Crippen molar-refractivity contribution in [3.8, 4) is 0 Å². The molecule has 5 heteroatoms. The van der Waals surface area contributed by atoms with Gasteiger partial charge < -0.3 is 15.5 Å². The zero-order chi connectivity index (χ0) is 12.1. The third kappa shape index (κ3) is 3.80. The van der Waals surface area contributed by atoms with Crippen LogP contribution in [0.2, 0.25) is 0 Å². The Morgan fingerprint density at radius 3 is 2.65 bits per heavy atom. The predicted octanol–water partition coefficient (Wildman–Crippen LogP) is 3.23. The summed E-state index contributed by atoms with van der Waals surface area (Å²) >= 11 is 6.48. The smallest absolute Gasteiger partial charge is 0.168 e. The highest BCUT2D eigenvalue weighted by molar-refractivity contribution is 7.98. The maximum absolute atomic E-state index is 5.39. The minimum absolute atomic E-state index is 0.279. The Morgan fingerprint density at radius 2 is 2.06 bits per heavy atom. The molecule has 1 aromatic heterocycles. The molecule has 3 nitrogen and oxygen atoms in total. The van der Waals surface area contributed by atoms with Gasteiger partial charge in [-0.1, -0.05) is 0 Å². The molecule has 2 rings (SSSR count). The Morgan fingerprint density at radius 1 is 1.29 bits per heavy atom. The molecule has 0 aliphatic rings. The summed E-state index contributed by atoms with van der Waals surface area (Å²) in [5.41, 5.74) is 6.29. The summed E-state index contributed by atoms with van der Waals surface area (Å²) < 4.78 is 5.26. The van der Waals surface area contributed by atoms with Gasteiger partial charge in [0.2, 0.25) is 0 Å². The first kappa shape index (κ1) is 12.0. The van der Waals surface area contributed by atoms with Crippen molar-refractivity contribution in [2.75, 3.05) is 5.32 Å². The quantitative estimate of drug-likeness (QED) is 0.656. The number of thioether (sulfide) groups is 1. The van der Waals surface area contributed by atoms with Crippen LogP contribution in [0.4, 0.5) is 5.69 Å². The van der Waals surface area contributed by atoms with Crippen molar-refractivity contribution in [2.45, 2.75) is 10.6 Å². The van der Waals surface area contributed by atoms with Gasteiger partial charge in [-0.25, -0.2) is 0 Å². The number of hydrogen-bond acceptors (Lipinski definition) is 3. The van der Waals surface area contributed by atoms with Crippen molar-refractivity contribution in [1.82, 2.24) is 0 Å². The third-order valence-corrected chi connectivity index (χ3v) is 3.22. The van der Waals surface area contributed by atoms with E-state index in [1.807, 2.05) is 36.4 Å². The normalized spacial score (nSPS) is 10.1. The first-order chi connectivity index (χ1) is 8.24. The number of thiocarbonyl (C=S) groups is 1. The Kier molecular flexibility index (Phi) is 4.06. The first-order valence-electron chi connectivity index (χ1n) is 5.06. The predicted molar refractivity (Wildman–Crippen MR) is 75.1 cm³/mol. The van der Waals surface area contributed by atoms with Gasteiger partial charge in [0.1, 0.15) is 5.76 Å². The average molecular weight is 264 g/mol. The molecule has 0 radical (unpaired) electrons. The average Bonchev–Trinajstić information content (AvgIpc) is 2.80. The highest BCUT2D eigenvalue weighted by atomic mass is 32.2. The van der Waals surface area contributed by atoms with Gasteiger partial charge in [0.05, 0.1) is 12.0 Å². The van der Waals surface area contributed by atoms with E-state index in [4.69, 9.17) is 22.4 Å². The summed E-state index contributed by atoms with van der Waals surface area (Å²) in [6.07, 6.45) is 1.69. The second kappa shape index (κ2) is 5.75. The number of furan rings is 1. The summed E-state index contributed by atoms with van der Waals surface area (Å²) in [7, 11) is 0. The van der Waals surface area contributed by atoms with Crippen LogP contribution in [0.1, 0.15) is 5.76 Å². The zero-order valence-electron chi connectivity index (χ0n) is 9.05. The zero-order valence-corrected chi connectivity index (χ0v) is 10.7. The van der Waals surface area contributed by atoms with Crippen LogP contribution in [0, 0.1) is 0 Å². The van der Waals surface area contributed by atoms with Crippen molar-refractivity contribution in [3.05, 3.63) is 48.4 Å². The number of hydrogen-bond donors (Lipinski definition) is 2. The van der Waals surface area contributed by atoms with Gasteiger partial charge in [-0.3, -0.25) is 0 Å². The molecule has 1 aromatic carbocycles. The van der Waals surface area contributed by atoms with Crippen LogP contribution < -0.4 is 11.1 Å². The number of anilines is 1. The first-order valence-corrected chi connectivity index (χ1v) is 6.45. The molecule has 1 heterocycles. The van der Waals surface area contributed by atoms with E-state index in [0.717, 1.165) is 17.2 Å². The highest BCUT2D eigenvalue weighted by Crippen LogP contribution is 2.24. The molecule has 88 valence electrons. The molecule has 0 aliphatic carbocycles. The van der Waals surface area contributed by atoms with Crippen molar-refractivity contribution < 1.29 is 4.42 Å². The van der Waals surface area contributed by atoms with Gasteiger partial charge in [0, 0.05) is 10.6 Å². The van der Waals surface area contributed by atoms with Crippen LogP contribution >= 0.6 is 24.0 Å². The van der Waals surface area contributed by atoms with Crippen molar-refractivity contribution in [3.63, 3.8) is 0 Å². The Bertz CT molecular complexity index is 480. The standard InChI is InChI=1S/C12H12N2OS2/c13-12(16)14-9-3-5-11(6-4-9)17-8-10-2-1-7-15-10/h1-7H,8H2,(H3,13,14,16). The van der Waals surface area contributed by atoms with Crippen LogP contribution in [-0.2, 0) is 5.75 Å². The van der Waals surface area contributed by atoms with Gasteiger partial charge in [0.25, 0.3) is 0 Å². The number of benzene rings is 1. The monoisotopic (exact) mass is 264 g/mol. The maximum atomic E-state index is 5.39. The lowest BCUT2D eigenvalue weighted by Crippen LogP contribution is -2.18. The molecule has 0 aliphatic heterocycles. The van der Waals surface area contributed by atoms with E-state index < -0.39 is 0 Å². The van der Waals surface area contributed by atoms with E-state index >= 15 is 0 Å². The fraction of sp³-hybridized carbons (Fsp3) is 0.0833. The topological polar surface area (TPSA) is 51.2 Å². The second-order valence-corrected chi connectivity index (χ2v) is 4.87. The summed E-state index contributed by atoms with van der Waals surface area (Å²) in [6, 6.07) is 11.8. The Balaban J connectivity index is 1.91. The summed E-state index contributed by atoms with van der Waals surface area (Å²) in [6.45, 7) is 0. The summed E-state index contributed by atoms with van der Waals surface area (Å²) in [5, 5.41) is 3.16. The molecule has 0 bridgehead atoms. The van der Waals surface area contributed by atoms with Crippen LogP contribution in [-0.4, -0.2) is 5.11 Å². The fourth-order valence-electron chi connectivity index (χ4n) is 1.33. The lowest BCUT2D eigenvalue weighted by atomic mass is 10.3. The number of nitrogens with two attached hydrogens (primary N) is 1. The van der Waals surface area contributed by atoms with E-state index in [1.54, 1.807) is 18.0 Å². The van der Waals surface area contributed by atoms with Gasteiger partial charge in [-0.05, 0) is 48.6 Å². The molecule has 2 aromatic rings. The molecule has 0 saturated carbocycles. The summed E-state index contributed by atoms with van der Waals surface area (Å²) in [4.78, 5) is 1.18. The van der Waals surface area contributed by atoms with E-state index in [2.05, 4.69) is 5.32 Å². The lowest BCUT2D eigenvalue weighted by molar-refractivity contribution is 0.530. The molecular weight excluding hydrogens is 252 g/mol. The molecular formula is C12H12N2OS2. The van der Waals surface area contributed by atoms with Crippen LogP contribution in [0.5, 0.6) is 0 Å². The van der Waals surface area contributed by atoms with Crippen LogP contribution in [0.15, 0.2) is 52.0 Å². The van der Waals surface area contributed by atoms with Crippen molar-refractivity contribution in [1.29, 1.82) is 0 Å². The van der Waals surface area contributed by atoms with Crippen LogP contribution in [0.25, 0.3) is 0 Å². The highest BCUT2D eigenvalue weighted by Gasteiger charge is 1.99. The Hall–Kier alpha value is -1.46. The van der Waals surface area contributed by atoms with E-state index in [0.29, 0.717) is 0 Å². The SMILES string of the molecule is NC(=S)Nc1ccc(SCc2ccco2)cc1. The third-order valence-electron chi connectivity index (χ3n) is 2.08. The minimum atomic E-state index is 0.279. The van der Waals surface area contributed by atoms with Gasteiger partial charge >= 0.3 is 0 Å². The molecule has 0 spiro atoms. The van der Waals surface area contributed by atoms with Gasteiger partial charge in [0.15, 0.2) is 5.11 Å². The molecule has 0 amide bonds. The number of nitrogens with one attached hydrogen (secondary N) is 1. The molecule has 0 atom stereocenters. The largest absolute Gasteiger partial charge is 0.468 e. The molecule has 17 heavy (non-hydrogen) atoms. The molecule has 0 saturated heterocycles. The second-order valence-electron chi connectivity index (χ2n) is 3.38. The fourth-order valence-corrected chi connectivity index (χ4v) is 2.25. The Labute approximate surface area is 109 Å². The lowest BCUT2D eigenvalue weighted by Gasteiger charge is -2.04. The summed E-state index contributed by atoms with van der Waals surface area (Å²) in [5.74, 6) is 1.80.